The van der Waals surface area contributed by atoms with Crippen molar-refractivity contribution < 1.29 is 9.21 Å². The number of pyridine rings is 1. The number of benzene rings is 2. The summed E-state index contributed by atoms with van der Waals surface area (Å²) in [7, 11) is 0. The molecule has 2 aromatic heterocycles. The van der Waals surface area contributed by atoms with Crippen LogP contribution in [0.5, 0.6) is 0 Å². The molecule has 0 aliphatic rings. The molecule has 2 aromatic carbocycles. The van der Waals surface area contributed by atoms with E-state index in [4.69, 9.17) is 16.0 Å². The van der Waals surface area contributed by atoms with Crippen LogP contribution in [-0.4, -0.2) is 10.9 Å². The van der Waals surface area contributed by atoms with Crippen LogP contribution in [0.2, 0.25) is 5.02 Å². The van der Waals surface area contributed by atoms with Crippen molar-refractivity contribution >= 4 is 34.3 Å². The van der Waals surface area contributed by atoms with E-state index in [2.05, 4.69) is 4.98 Å². The molecule has 0 saturated heterocycles. The molecule has 5 nitrogen and oxygen atoms in total. The summed E-state index contributed by atoms with van der Waals surface area (Å²) in [4.78, 5) is 31.7. The molecule has 0 aliphatic heterocycles. The van der Waals surface area contributed by atoms with Crippen LogP contribution in [-0.2, 0) is 6.54 Å². The molecule has 0 bridgehead atoms. The highest BCUT2D eigenvalue weighted by Gasteiger charge is 2.23. The van der Waals surface area contributed by atoms with Gasteiger partial charge < -0.3 is 4.42 Å². The van der Waals surface area contributed by atoms with Gasteiger partial charge in [-0.3, -0.25) is 14.5 Å². The predicted octanol–water partition coefficient (Wildman–Crippen LogP) is 5.00. The zero-order chi connectivity index (χ0) is 20.4. The van der Waals surface area contributed by atoms with Gasteiger partial charge >= 0.3 is 0 Å². The molecule has 0 spiro atoms. The van der Waals surface area contributed by atoms with Crippen molar-refractivity contribution in [1.29, 1.82) is 0 Å². The number of aryl methyl sites for hydroxylation is 1. The number of amides is 1. The van der Waals surface area contributed by atoms with E-state index >= 15 is 0 Å². The fraction of sp³-hybridized carbons (Fsp3) is 0.0870. The van der Waals surface area contributed by atoms with E-state index in [-0.39, 0.29) is 17.7 Å². The second-order valence-corrected chi connectivity index (χ2v) is 7.04. The van der Waals surface area contributed by atoms with Crippen molar-refractivity contribution in [2.45, 2.75) is 13.5 Å². The maximum atomic E-state index is 13.3. The van der Waals surface area contributed by atoms with Crippen LogP contribution >= 0.6 is 11.6 Å². The van der Waals surface area contributed by atoms with Crippen molar-refractivity contribution in [3.63, 3.8) is 0 Å². The van der Waals surface area contributed by atoms with E-state index in [1.165, 1.54) is 11.0 Å². The summed E-state index contributed by atoms with van der Waals surface area (Å²) < 4.78 is 5.80. The maximum absolute atomic E-state index is 13.3. The van der Waals surface area contributed by atoms with E-state index in [1.807, 2.05) is 37.3 Å². The third-order valence-electron chi connectivity index (χ3n) is 4.57. The molecule has 1 amide bonds. The van der Waals surface area contributed by atoms with Gasteiger partial charge in [-0.2, -0.15) is 0 Å². The molecule has 0 atom stereocenters. The minimum absolute atomic E-state index is 0.0502. The van der Waals surface area contributed by atoms with Gasteiger partial charge in [0.05, 0.1) is 11.9 Å². The number of fused-ring (bicyclic) bond motifs is 1. The molecule has 2 heterocycles. The Morgan fingerprint density at radius 3 is 2.55 bits per heavy atom. The number of carbonyl (C=O) groups excluding carboxylic acids is 1. The molecule has 0 radical (unpaired) electrons. The molecule has 6 heteroatoms. The monoisotopic (exact) mass is 404 g/mol. The summed E-state index contributed by atoms with van der Waals surface area (Å²) >= 11 is 6.12. The van der Waals surface area contributed by atoms with Crippen LogP contribution in [0.4, 0.5) is 5.82 Å². The van der Waals surface area contributed by atoms with Gasteiger partial charge in [-0.15, -0.1) is 0 Å². The van der Waals surface area contributed by atoms with Crippen LogP contribution in [0.15, 0.2) is 82.1 Å². The first-order chi connectivity index (χ1) is 14.0. The predicted molar refractivity (Wildman–Crippen MR) is 113 cm³/mol. The molecule has 4 rings (SSSR count). The van der Waals surface area contributed by atoms with E-state index in [0.29, 0.717) is 21.8 Å². The van der Waals surface area contributed by atoms with E-state index < -0.39 is 5.91 Å². The Balaban J connectivity index is 1.80. The first-order valence-electron chi connectivity index (χ1n) is 9.04. The number of anilines is 1. The van der Waals surface area contributed by atoms with Crippen LogP contribution in [0.1, 0.15) is 21.7 Å². The Labute approximate surface area is 172 Å². The minimum Gasteiger partial charge on any atom is -0.451 e. The Hall–Kier alpha value is -3.44. The molecule has 0 fully saturated rings. The highest BCUT2D eigenvalue weighted by Crippen LogP contribution is 2.24. The highest BCUT2D eigenvalue weighted by atomic mass is 35.5. The SMILES string of the molecule is Cc1cc2oc(C(=O)N(Cc3ccccc3)c3ccccn3)cc(=O)c2cc1Cl. The Kier molecular flexibility index (Phi) is 5.14. The van der Waals surface area contributed by atoms with Crippen molar-refractivity contribution in [3.05, 3.63) is 105 Å². The molecule has 0 unspecified atom stereocenters. The lowest BCUT2D eigenvalue weighted by molar-refractivity contribution is 0.0958. The standard InChI is InChI=1S/C23H17ClN2O3/c1-15-11-20-17(12-18(15)24)19(27)13-21(29-20)23(28)26(22-9-5-6-10-25-22)14-16-7-3-2-4-8-16/h2-13H,14H2,1H3. The molecule has 4 aromatic rings. The summed E-state index contributed by atoms with van der Waals surface area (Å²) in [6.07, 6.45) is 1.61. The molecule has 144 valence electrons. The average molecular weight is 405 g/mol. The summed E-state index contributed by atoms with van der Waals surface area (Å²) in [6, 6.07) is 19.3. The van der Waals surface area contributed by atoms with Gasteiger partial charge in [0.1, 0.15) is 11.4 Å². The number of nitrogens with zero attached hydrogens (tertiary/aromatic N) is 2. The van der Waals surface area contributed by atoms with Gasteiger partial charge in [-0.05, 0) is 42.3 Å². The summed E-state index contributed by atoms with van der Waals surface area (Å²) in [5.41, 5.74) is 1.69. The van der Waals surface area contributed by atoms with E-state index in [9.17, 15) is 9.59 Å². The van der Waals surface area contributed by atoms with Crippen LogP contribution in [0.3, 0.4) is 0 Å². The van der Waals surface area contributed by atoms with Gasteiger partial charge in [0, 0.05) is 17.3 Å². The topological polar surface area (TPSA) is 63.4 Å². The van der Waals surface area contributed by atoms with Gasteiger partial charge in [0.25, 0.3) is 5.91 Å². The van der Waals surface area contributed by atoms with Crippen molar-refractivity contribution in [3.8, 4) is 0 Å². The summed E-state index contributed by atoms with van der Waals surface area (Å²) in [6.45, 7) is 2.10. The molecular weight excluding hydrogens is 388 g/mol. The van der Waals surface area contributed by atoms with Gasteiger partial charge in [-0.25, -0.2) is 4.98 Å². The number of hydrogen-bond acceptors (Lipinski definition) is 4. The minimum atomic E-state index is -0.445. The number of aromatic nitrogens is 1. The van der Waals surface area contributed by atoms with Crippen LogP contribution in [0.25, 0.3) is 11.0 Å². The zero-order valence-corrected chi connectivity index (χ0v) is 16.4. The van der Waals surface area contributed by atoms with Gasteiger partial charge in [-0.1, -0.05) is 48.0 Å². The fourth-order valence-electron chi connectivity index (χ4n) is 3.05. The number of rotatable bonds is 4. The molecule has 0 aliphatic carbocycles. The van der Waals surface area contributed by atoms with E-state index in [0.717, 1.165) is 11.1 Å². The summed E-state index contributed by atoms with van der Waals surface area (Å²) in [5, 5.41) is 0.813. The third-order valence-corrected chi connectivity index (χ3v) is 4.98. The number of hydrogen-bond donors (Lipinski definition) is 0. The van der Waals surface area contributed by atoms with Crippen molar-refractivity contribution in [2.24, 2.45) is 0 Å². The maximum Gasteiger partial charge on any atom is 0.295 e. The Morgan fingerprint density at radius 1 is 1.07 bits per heavy atom. The lowest BCUT2D eigenvalue weighted by Gasteiger charge is -2.21. The first-order valence-corrected chi connectivity index (χ1v) is 9.41. The molecule has 0 saturated carbocycles. The lowest BCUT2D eigenvalue weighted by atomic mass is 10.1. The Morgan fingerprint density at radius 2 is 1.83 bits per heavy atom. The number of halogens is 1. The Bertz CT molecular complexity index is 1240. The van der Waals surface area contributed by atoms with Gasteiger partial charge in [0.15, 0.2) is 11.2 Å². The highest BCUT2D eigenvalue weighted by molar-refractivity contribution is 6.32. The quantitative estimate of drug-likeness (QED) is 0.480. The first kappa shape index (κ1) is 18.9. The smallest absolute Gasteiger partial charge is 0.295 e. The second-order valence-electron chi connectivity index (χ2n) is 6.64. The van der Waals surface area contributed by atoms with Crippen LogP contribution in [0, 0.1) is 6.92 Å². The van der Waals surface area contributed by atoms with Crippen LogP contribution < -0.4 is 10.3 Å². The zero-order valence-electron chi connectivity index (χ0n) is 15.6. The number of carbonyl (C=O) groups is 1. The second kappa shape index (κ2) is 7.89. The molecular formula is C23H17ClN2O3. The largest absolute Gasteiger partial charge is 0.451 e. The van der Waals surface area contributed by atoms with Crippen molar-refractivity contribution in [2.75, 3.05) is 4.90 Å². The fourth-order valence-corrected chi connectivity index (χ4v) is 3.22. The molecule has 0 N–H and O–H groups in total. The molecule has 29 heavy (non-hydrogen) atoms. The third kappa shape index (κ3) is 3.91. The van der Waals surface area contributed by atoms with Crippen molar-refractivity contribution in [1.82, 2.24) is 4.98 Å². The normalized spacial score (nSPS) is 10.8. The van der Waals surface area contributed by atoms with Gasteiger partial charge in [0.2, 0.25) is 0 Å². The summed E-state index contributed by atoms with van der Waals surface area (Å²) in [5.74, 6) is -0.0265. The average Bonchev–Trinajstić information content (AvgIpc) is 2.74. The lowest BCUT2D eigenvalue weighted by Crippen LogP contribution is -2.31. The van der Waals surface area contributed by atoms with E-state index in [1.54, 1.807) is 36.5 Å².